The molecule has 27 heavy (non-hydrogen) atoms. The fourth-order valence-electron chi connectivity index (χ4n) is 2.44. The van der Waals surface area contributed by atoms with Crippen molar-refractivity contribution in [3.05, 3.63) is 77.2 Å². The quantitative estimate of drug-likeness (QED) is 0.741. The molecule has 0 bridgehead atoms. The second kappa shape index (κ2) is 7.77. The van der Waals surface area contributed by atoms with Gasteiger partial charge in [-0.2, -0.15) is 10.5 Å². The molecule has 0 aliphatic rings. The summed E-state index contributed by atoms with van der Waals surface area (Å²) in [4.78, 5) is 21.0. The lowest BCUT2D eigenvalue weighted by Gasteiger charge is -2.10. The van der Waals surface area contributed by atoms with Gasteiger partial charge in [0.1, 0.15) is 23.4 Å². The zero-order chi connectivity index (χ0) is 19.2. The van der Waals surface area contributed by atoms with Gasteiger partial charge in [-0.25, -0.2) is 9.97 Å². The second-order valence-corrected chi connectivity index (χ2v) is 5.61. The van der Waals surface area contributed by atoms with Gasteiger partial charge >= 0.3 is 0 Å². The van der Waals surface area contributed by atoms with Gasteiger partial charge in [-0.05, 0) is 37.3 Å². The fourth-order valence-corrected chi connectivity index (χ4v) is 2.44. The zero-order valence-corrected chi connectivity index (χ0v) is 14.4. The predicted molar refractivity (Wildman–Crippen MR) is 100 cm³/mol. The van der Waals surface area contributed by atoms with E-state index in [1.165, 1.54) is 6.07 Å². The number of nitriles is 2. The lowest BCUT2D eigenvalue weighted by Crippen LogP contribution is -2.16. The molecule has 3 aromatic rings. The number of aromatic nitrogens is 2. The van der Waals surface area contributed by atoms with Crippen molar-refractivity contribution in [3.8, 4) is 12.1 Å². The van der Waals surface area contributed by atoms with Crippen LogP contribution in [-0.2, 0) is 0 Å². The predicted octanol–water partition coefficient (Wildman–Crippen LogP) is 3.52. The van der Waals surface area contributed by atoms with Gasteiger partial charge in [0, 0.05) is 11.8 Å². The smallest absolute Gasteiger partial charge is 0.274 e. The van der Waals surface area contributed by atoms with E-state index in [2.05, 4.69) is 26.7 Å². The van der Waals surface area contributed by atoms with E-state index in [4.69, 9.17) is 10.5 Å². The zero-order valence-electron chi connectivity index (χ0n) is 14.4. The van der Waals surface area contributed by atoms with E-state index < -0.39 is 5.91 Å². The highest BCUT2D eigenvalue weighted by atomic mass is 16.1. The van der Waals surface area contributed by atoms with Crippen LogP contribution in [0.4, 0.5) is 17.2 Å². The first kappa shape index (κ1) is 17.6. The van der Waals surface area contributed by atoms with Crippen molar-refractivity contribution in [1.29, 1.82) is 10.5 Å². The van der Waals surface area contributed by atoms with Crippen molar-refractivity contribution in [1.82, 2.24) is 9.97 Å². The van der Waals surface area contributed by atoms with Crippen molar-refractivity contribution >= 4 is 23.1 Å². The highest BCUT2D eigenvalue weighted by Gasteiger charge is 2.13. The Hall–Kier alpha value is -4.23. The average Bonchev–Trinajstić information content (AvgIpc) is 2.68. The molecule has 1 aromatic heterocycles. The number of carbonyl (C=O) groups excluding carboxylic acids is 1. The minimum atomic E-state index is -0.447. The van der Waals surface area contributed by atoms with Gasteiger partial charge in [0.15, 0.2) is 0 Å². The maximum Gasteiger partial charge on any atom is 0.274 e. The van der Waals surface area contributed by atoms with Gasteiger partial charge in [0.25, 0.3) is 5.91 Å². The first-order valence-corrected chi connectivity index (χ1v) is 8.02. The van der Waals surface area contributed by atoms with Crippen LogP contribution in [0.15, 0.2) is 54.6 Å². The van der Waals surface area contributed by atoms with Gasteiger partial charge in [-0.15, -0.1) is 0 Å². The average molecular weight is 354 g/mol. The molecule has 3 rings (SSSR count). The number of amides is 1. The third-order valence-electron chi connectivity index (χ3n) is 3.63. The van der Waals surface area contributed by atoms with E-state index >= 15 is 0 Å². The standard InChI is InChI=1S/C20H14N6O/c1-13-23-18(20(27)26-17-8-3-2-6-15(17)12-22)10-19(24-13)25-16-7-4-5-14(9-16)11-21/h2-10H,1H3,(H,26,27)(H,23,24,25). The SMILES string of the molecule is Cc1nc(Nc2cccc(C#N)c2)cc(C(=O)Nc2ccccc2C#N)n1. The summed E-state index contributed by atoms with van der Waals surface area (Å²) < 4.78 is 0. The van der Waals surface area contributed by atoms with E-state index in [1.807, 2.05) is 6.07 Å². The lowest BCUT2D eigenvalue weighted by atomic mass is 10.2. The summed E-state index contributed by atoms with van der Waals surface area (Å²) in [5, 5.41) is 23.9. The number of hydrogen-bond donors (Lipinski definition) is 2. The minimum absolute atomic E-state index is 0.161. The Morgan fingerprint density at radius 3 is 2.59 bits per heavy atom. The van der Waals surface area contributed by atoms with Gasteiger partial charge in [-0.3, -0.25) is 4.79 Å². The van der Waals surface area contributed by atoms with E-state index in [1.54, 1.807) is 55.5 Å². The fraction of sp³-hybridized carbons (Fsp3) is 0.0500. The molecule has 0 aliphatic heterocycles. The van der Waals surface area contributed by atoms with Crippen molar-refractivity contribution in [2.75, 3.05) is 10.6 Å². The van der Waals surface area contributed by atoms with Crippen LogP contribution >= 0.6 is 0 Å². The summed E-state index contributed by atoms with van der Waals surface area (Å²) in [5.41, 5.74) is 2.13. The molecular weight excluding hydrogens is 340 g/mol. The molecule has 0 aliphatic carbocycles. The number of nitrogens with zero attached hydrogens (tertiary/aromatic N) is 4. The molecule has 7 heteroatoms. The van der Waals surface area contributed by atoms with Crippen LogP contribution in [-0.4, -0.2) is 15.9 Å². The Labute approximate surface area is 155 Å². The van der Waals surface area contributed by atoms with Crippen LogP contribution in [0.2, 0.25) is 0 Å². The van der Waals surface area contributed by atoms with Crippen molar-refractivity contribution in [2.24, 2.45) is 0 Å². The molecule has 0 fully saturated rings. The highest BCUT2D eigenvalue weighted by molar-refractivity contribution is 6.04. The number of nitrogens with one attached hydrogen (secondary N) is 2. The topological polar surface area (TPSA) is 114 Å². The maximum atomic E-state index is 12.6. The van der Waals surface area contributed by atoms with Crippen molar-refractivity contribution < 1.29 is 4.79 Å². The molecule has 0 spiro atoms. The highest BCUT2D eigenvalue weighted by Crippen LogP contribution is 2.18. The molecule has 130 valence electrons. The lowest BCUT2D eigenvalue weighted by molar-refractivity contribution is 0.102. The van der Waals surface area contributed by atoms with Crippen LogP contribution < -0.4 is 10.6 Å². The van der Waals surface area contributed by atoms with Gasteiger partial charge < -0.3 is 10.6 Å². The van der Waals surface area contributed by atoms with Gasteiger partial charge in [0.05, 0.1) is 22.9 Å². The first-order valence-electron chi connectivity index (χ1n) is 8.02. The summed E-state index contributed by atoms with van der Waals surface area (Å²) in [6.07, 6.45) is 0. The first-order chi connectivity index (χ1) is 13.1. The molecule has 0 radical (unpaired) electrons. The monoisotopic (exact) mass is 354 g/mol. The molecule has 1 amide bonds. The number of carbonyl (C=O) groups is 1. The summed E-state index contributed by atoms with van der Waals surface area (Å²) >= 11 is 0. The number of rotatable bonds is 4. The van der Waals surface area contributed by atoms with Gasteiger partial charge in [-0.1, -0.05) is 18.2 Å². The Balaban J connectivity index is 1.85. The number of benzene rings is 2. The Kier molecular flexibility index (Phi) is 5.06. The van der Waals surface area contributed by atoms with E-state index in [0.717, 1.165) is 0 Å². The second-order valence-electron chi connectivity index (χ2n) is 5.61. The molecule has 2 N–H and O–H groups in total. The summed E-state index contributed by atoms with van der Waals surface area (Å²) in [6, 6.07) is 19.3. The summed E-state index contributed by atoms with van der Waals surface area (Å²) in [6.45, 7) is 1.68. The normalized spacial score (nSPS) is 9.74. The van der Waals surface area contributed by atoms with E-state index in [0.29, 0.717) is 34.1 Å². The third kappa shape index (κ3) is 4.25. The van der Waals surface area contributed by atoms with Gasteiger partial charge in [0.2, 0.25) is 0 Å². The molecule has 1 heterocycles. The van der Waals surface area contributed by atoms with Crippen molar-refractivity contribution in [2.45, 2.75) is 6.92 Å². The minimum Gasteiger partial charge on any atom is -0.340 e. The number of anilines is 3. The number of hydrogen-bond acceptors (Lipinski definition) is 6. The number of aryl methyl sites for hydroxylation is 1. The third-order valence-corrected chi connectivity index (χ3v) is 3.63. The van der Waals surface area contributed by atoms with Crippen LogP contribution in [0.1, 0.15) is 27.4 Å². The number of para-hydroxylation sites is 1. The largest absolute Gasteiger partial charge is 0.340 e. The van der Waals surface area contributed by atoms with Crippen LogP contribution in [0.5, 0.6) is 0 Å². The molecule has 7 nitrogen and oxygen atoms in total. The Bertz CT molecular complexity index is 1090. The molecule has 0 saturated heterocycles. The van der Waals surface area contributed by atoms with E-state index in [9.17, 15) is 4.79 Å². The Morgan fingerprint density at radius 1 is 1.00 bits per heavy atom. The summed E-state index contributed by atoms with van der Waals surface area (Å²) in [7, 11) is 0. The van der Waals surface area contributed by atoms with Crippen LogP contribution in [0.25, 0.3) is 0 Å². The molecule has 2 aromatic carbocycles. The summed E-state index contributed by atoms with van der Waals surface area (Å²) in [5.74, 6) is 0.392. The molecule has 0 saturated carbocycles. The molecular formula is C20H14N6O. The van der Waals surface area contributed by atoms with Crippen LogP contribution in [0.3, 0.4) is 0 Å². The Morgan fingerprint density at radius 2 is 1.81 bits per heavy atom. The van der Waals surface area contributed by atoms with Crippen molar-refractivity contribution in [3.63, 3.8) is 0 Å². The molecule has 0 unspecified atom stereocenters. The maximum absolute atomic E-state index is 12.6. The molecule has 0 atom stereocenters. The van der Waals surface area contributed by atoms with Crippen LogP contribution in [0, 0.1) is 29.6 Å². The van der Waals surface area contributed by atoms with E-state index in [-0.39, 0.29) is 5.69 Å².